The van der Waals surface area contributed by atoms with E-state index in [-0.39, 0.29) is 24.0 Å². The van der Waals surface area contributed by atoms with Crippen molar-refractivity contribution < 1.29 is 17.9 Å². The summed E-state index contributed by atoms with van der Waals surface area (Å²) in [5.41, 5.74) is 0. The van der Waals surface area contributed by atoms with Crippen LogP contribution in [0.3, 0.4) is 0 Å². The molecule has 154 valence electrons. The summed E-state index contributed by atoms with van der Waals surface area (Å²) in [6.07, 6.45) is -0.711. The highest BCUT2D eigenvalue weighted by Gasteiger charge is 2.41. The Morgan fingerprint density at radius 3 is 2.42 bits per heavy atom. The molecule has 1 unspecified atom stereocenters. The highest BCUT2D eigenvalue weighted by atomic mass is 127. The second kappa shape index (κ2) is 11.5. The van der Waals surface area contributed by atoms with E-state index in [2.05, 4.69) is 10.3 Å². The molecule has 1 atom stereocenters. The molecule has 26 heavy (non-hydrogen) atoms. The summed E-state index contributed by atoms with van der Waals surface area (Å²) in [4.78, 5) is 8.14. The van der Waals surface area contributed by atoms with Gasteiger partial charge in [0.2, 0.25) is 0 Å². The second-order valence-corrected chi connectivity index (χ2v) is 6.85. The number of nitrogens with one attached hydrogen (secondary N) is 1. The van der Waals surface area contributed by atoms with Crippen molar-refractivity contribution in [2.75, 3.05) is 52.5 Å². The molecule has 1 aliphatic carbocycles. The van der Waals surface area contributed by atoms with Crippen LogP contribution in [0.1, 0.15) is 33.1 Å². The average molecular weight is 492 g/mol. The van der Waals surface area contributed by atoms with Crippen LogP contribution < -0.4 is 5.32 Å². The van der Waals surface area contributed by atoms with Gasteiger partial charge in [-0.25, -0.2) is 0 Å². The predicted octanol–water partition coefficient (Wildman–Crippen LogP) is 2.96. The summed E-state index contributed by atoms with van der Waals surface area (Å²) in [7, 11) is 0. The Bertz CT molecular complexity index is 425. The highest BCUT2D eigenvalue weighted by molar-refractivity contribution is 14.0. The van der Waals surface area contributed by atoms with E-state index in [0.717, 1.165) is 38.1 Å². The van der Waals surface area contributed by atoms with E-state index in [4.69, 9.17) is 4.74 Å². The number of halogens is 4. The molecular weight excluding hydrogens is 460 g/mol. The van der Waals surface area contributed by atoms with Crippen molar-refractivity contribution in [3.63, 3.8) is 0 Å². The van der Waals surface area contributed by atoms with Gasteiger partial charge in [0.15, 0.2) is 5.96 Å². The van der Waals surface area contributed by atoms with Gasteiger partial charge < -0.3 is 15.0 Å². The maximum absolute atomic E-state index is 12.8. The van der Waals surface area contributed by atoms with Gasteiger partial charge in [0.25, 0.3) is 0 Å². The van der Waals surface area contributed by atoms with Gasteiger partial charge in [0.05, 0.1) is 0 Å². The molecule has 2 fully saturated rings. The van der Waals surface area contributed by atoms with Crippen LogP contribution in [0, 0.1) is 5.92 Å². The van der Waals surface area contributed by atoms with E-state index in [9.17, 15) is 13.2 Å². The zero-order valence-electron chi connectivity index (χ0n) is 15.7. The summed E-state index contributed by atoms with van der Waals surface area (Å²) in [5, 5.41) is 3.24. The Morgan fingerprint density at radius 1 is 1.23 bits per heavy atom. The van der Waals surface area contributed by atoms with Crippen molar-refractivity contribution in [3.05, 3.63) is 0 Å². The lowest BCUT2D eigenvalue weighted by Crippen LogP contribution is -2.56. The third kappa shape index (κ3) is 8.16. The topological polar surface area (TPSA) is 40.1 Å². The maximum Gasteiger partial charge on any atom is 0.403 e. The number of nitrogens with zero attached hydrogens (tertiary/aromatic N) is 3. The van der Waals surface area contributed by atoms with Crippen LogP contribution in [0.15, 0.2) is 4.99 Å². The predicted molar refractivity (Wildman–Crippen MR) is 108 cm³/mol. The molecular formula is C17H32F3IN4O. The molecule has 2 rings (SSSR count). The molecule has 2 aliphatic rings. The summed E-state index contributed by atoms with van der Waals surface area (Å²) in [5.74, 6) is 1.57. The van der Waals surface area contributed by atoms with Crippen LogP contribution in [-0.2, 0) is 4.74 Å². The molecule has 0 aromatic carbocycles. The van der Waals surface area contributed by atoms with Crippen molar-refractivity contribution in [1.82, 2.24) is 15.1 Å². The van der Waals surface area contributed by atoms with Gasteiger partial charge in [-0.05, 0) is 39.0 Å². The maximum atomic E-state index is 12.8. The van der Waals surface area contributed by atoms with Crippen molar-refractivity contribution >= 4 is 29.9 Å². The zero-order valence-corrected chi connectivity index (χ0v) is 18.1. The van der Waals surface area contributed by atoms with Crippen molar-refractivity contribution in [1.29, 1.82) is 0 Å². The van der Waals surface area contributed by atoms with Crippen LogP contribution in [-0.4, -0.2) is 80.5 Å². The number of hydrogen-bond donors (Lipinski definition) is 1. The van der Waals surface area contributed by atoms with Gasteiger partial charge in [-0.2, -0.15) is 13.2 Å². The number of piperazine rings is 1. The molecule has 1 N–H and O–H groups in total. The quantitative estimate of drug-likeness (QED) is 0.245. The van der Waals surface area contributed by atoms with Crippen molar-refractivity contribution in [2.45, 2.75) is 45.3 Å². The summed E-state index contributed by atoms with van der Waals surface area (Å²) >= 11 is 0. The van der Waals surface area contributed by atoms with Gasteiger partial charge in [0, 0.05) is 52.5 Å². The molecule has 0 bridgehead atoms. The first-order valence-corrected chi connectivity index (χ1v) is 9.33. The first-order chi connectivity index (χ1) is 11.9. The number of rotatable bonds is 8. The first kappa shape index (κ1) is 23.7. The van der Waals surface area contributed by atoms with E-state index < -0.39 is 12.2 Å². The summed E-state index contributed by atoms with van der Waals surface area (Å²) in [6.45, 7) is 8.15. The van der Waals surface area contributed by atoms with Gasteiger partial charge >= 0.3 is 6.18 Å². The minimum Gasteiger partial charge on any atom is -0.381 e. The molecule has 0 aromatic rings. The largest absolute Gasteiger partial charge is 0.403 e. The smallest absolute Gasteiger partial charge is 0.381 e. The summed E-state index contributed by atoms with van der Waals surface area (Å²) in [6, 6.07) is -1.39. The molecule has 1 saturated heterocycles. The lowest BCUT2D eigenvalue weighted by atomic mass is 10.2. The lowest BCUT2D eigenvalue weighted by Gasteiger charge is -2.39. The molecule has 0 amide bonds. The zero-order chi connectivity index (χ0) is 18.3. The minimum atomic E-state index is -4.17. The van der Waals surface area contributed by atoms with E-state index in [0.29, 0.717) is 32.7 Å². The van der Waals surface area contributed by atoms with E-state index in [1.165, 1.54) is 24.7 Å². The van der Waals surface area contributed by atoms with Gasteiger partial charge in [-0.3, -0.25) is 9.89 Å². The third-order valence-corrected chi connectivity index (χ3v) is 4.73. The van der Waals surface area contributed by atoms with Gasteiger partial charge in [0.1, 0.15) is 6.04 Å². The first-order valence-electron chi connectivity index (χ1n) is 9.33. The molecule has 9 heteroatoms. The Kier molecular flexibility index (Phi) is 10.5. The van der Waals surface area contributed by atoms with E-state index >= 15 is 0 Å². The van der Waals surface area contributed by atoms with Crippen LogP contribution in [0.5, 0.6) is 0 Å². The highest BCUT2D eigenvalue weighted by Crippen LogP contribution is 2.28. The number of aliphatic imine (C=N–C) groups is 1. The van der Waals surface area contributed by atoms with Crippen LogP contribution in [0.4, 0.5) is 13.2 Å². The Labute approximate surface area is 171 Å². The van der Waals surface area contributed by atoms with Crippen LogP contribution in [0.25, 0.3) is 0 Å². The fourth-order valence-electron chi connectivity index (χ4n) is 2.84. The third-order valence-electron chi connectivity index (χ3n) is 4.73. The number of ether oxygens (including phenoxy) is 1. The summed E-state index contributed by atoms with van der Waals surface area (Å²) < 4.78 is 44.1. The fourth-order valence-corrected chi connectivity index (χ4v) is 2.84. The normalized spacial score (nSPS) is 20.7. The Morgan fingerprint density at radius 2 is 1.88 bits per heavy atom. The molecule has 0 spiro atoms. The standard InChI is InChI=1S/C17H31F3N4O.HI/c1-3-21-16(22-7-4-12-25-13-15-5-6-15)24-10-8-23(9-11-24)14(2)17(18,19)20;/h14-15H,3-13H2,1-2H3,(H,21,22);1H. The van der Waals surface area contributed by atoms with Crippen molar-refractivity contribution in [3.8, 4) is 0 Å². The van der Waals surface area contributed by atoms with Crippen molar-refractivity contribution in [2.24, 2.45) is 10.9 Å². The SMILES string of the molecule is CCNC(=NCCCOCC1CC1)N1CCN(C(C)C(F)(F)F)CC1.I. The van der Waals surface area contributed by atoms with Crippen LogP contribution >= 0.6 is 24.0 Å². The molecule has 0 radical (unpaired) electrons. The average Bonchev–Trinajstić information content (AvgIpc) is 3.40. The second-order valence-electron chi connectivity index (χ2n) is 6.85. The minimum absolute atomic E-state index is 0. The Balaban J connectivity index is 0.00000338. The molecule has 1 saturated carbocycles. The molecule has 5 nitrogen and oxygen atoms in total. The van der Waals surface area contributed by atoms with E-state index in [1.807, 2.05) is 11.8 Å². The van der Waals surface area contributed by atoms with E-state index in [1.54, 1.807) is 0 Å². The molecule has 1 heterocycles. The van der Waals surface area contributed by atoms with Gasteiger partial charge in [-0.15, -0.1) is 24.0 Å². The Hall–Kier alpha value is -0.290. The van der Waals surface area contributed by atoms with Crippen LogP contribution in [0.2, 0.25) is 0 Å². The monoisotopic (exact) mass is 492 g/mol. The fraction of sp³-hybridized carbons (Fsp3) is 0.941. The molecule has 0 aromatic heterocycles. The lowest BCUT2D eigenvalue weighted by molar-refractivity contribution is -0.181. The number of guanidine groups is 1. The number of alkyl halides is 3. The van der Waals surface area contributed by atoms with Gasteiger partial charge in [-0.1, -0.05) is 0 Å². The number of hydrogen-bond acceptors (Lipinski definition) is 3. The molecule has 1 aliphatic heterocycles.